The minimum atomic E-state index is 0.138. The molecular weight excluding hydrogens is 418 g/mol. The van der Waals surface area contributed by atoms with Gasteiger partial charge < -0.3 is 0 Å². The van der Waals surface area contributed by atoms with Crippen molar-refractivity contribution in [1.29, 1.82) is 0 Å². The molecule has 0 spiro atoms. The first-order valence-corrected chi connectivity index (χ1v) is 10.7. The fourth-order valence-electron chi connectivity index (χ4n) is 2.75. The molecular formula is C22H24BrN3S. The second-order valence-corrected chi connectivity index (χ2v) is 9.31. The number of hydrogen-bond acceptors (Lipinski definition) is 3. The molecule has 3 aromatic rings. The summed E-state index contributed by atoms with van der Waals surface area (Å²) in [4.78, 5) is 0. The highest BCUT2D eigenvalue weighted by molar-refractivity contribution is 9.10. The molecule has 0 aliphatic heterocycles. The first kappa shape index (κ1) is 19.9. The molecule has 0 radical (unpaired) electrons. The van der Waals surface area contributed by atoms with Crippen molar-refractivity contribution in [3.05, 3.63) is 76.8 Å². The highest BCUT2D eigenvalue weighted by Crippen LogP contribution is 2.29. The van der Waals surface area contributed by atoms with Crippen molar-refractivity contribution in [2.24, 2.45) is 0 Å². The van der Waals surface area contributed by atoms with E-state index < -0.39 is 0 Å². The first-order valence-electron chi connectivity index (χ1n) is 8.91. The summed E-state index contributed by atoms with van der Waals surface area (Å²) in [5.74, 6) is 1.74. The van der Waals surface area contributed by atoms with E-state index in [0.29, 0.717) is 6.54 Å². The Kier molecular flexibility index (Phi) is 6.22. The molecule has 0 saturated heterocycles. The average molecular weight is 442 g/mol. The van der Waals surface area contributed by atoms with Crippen LogP contribution < -0.4 is 0 Å². The van der Waals surface area contributed by atoms with Gasteiger partial charge in [0.15, 0.2) is 11.0 Å². The van der Waals surface area contributed by atoms with E-state index in [2.05, 4.69) is 107 Å². The van der Waals surface area contributed by atoms with Gasteiger partial charge in [0, 0.05) is 22.3 Å². The van der Waals surface area contributed by atoms with Crippen molar-refractivity contribution >= 4 is 27.7 Å². The Hall–Kier alpha value is -1.85. The van der Waals surface area contributed by atoms with Crippen molar-refractivity contribution in [1.82, 2.24) is 14.8 Å². The molecule has 0 fully saturated rings. The number of nitrogens with zero attached hydrogens (tertiary/aromatic N) is 3. The smallest absolute Gasteiger partial charge is 0.192 e. The Balaban J connectivity index is 1.84. The maximum Gasteiger partial charge on any atom is 0.192 e. The van der Waals surface area contributed by atoms with Crippen LogP contribution in [0.5, 0.6) is 0 Å². The molecule has 0 aliphatic carbocycles. The van der Waals surface area contributed by atoms with Crippen molar-refractivity contribution < 1.29 is 0 Å². The molecule has 0 N–H and O–H groups in total. The predicted molar refractivity (Wildman–Crippen MR) is 118 cm³/mol. The maximum absolute atomic E-state index is 4.46. The summed E-state index contributed by atoms with van der Waals surface area (Å²) in [6, 6.07) is 17.0. The third-order valence-corrected chi connectivity index (χ3v) is 5.89. The molecule has 3 rings (SSSR count). The van der Waals surface area contributed by atoms with E-state index in [9.17, 15) is 0 Å². The number of halogens is 1. The Bertz CT molecular complexity index is 906. The van der Waals surface area contributed by atoms with Gasteiger partial charge in [-0.2, -0.15) is 0 Å². The number of hydrogen-bond donors (Lipinski definition) is 0. The van der Waals surface area contributed by atoms with Crippen LogP contribution in [0.25, 0.3) is 11.4 Å². The standard InChI is InChI=1S/C22H24BrN3S/c1-5-14-26-20(17-8-10-18(11-9-17)22(2,3)4)24-25-21(26)27-15-16-6-12-19(23)13-7-16/h5-13H,1,14-15H2,2-4H3. The number of thioether (sulfide) groups is 1. The van der Waals surface area contributed by atoms with E-state index in [-0.39, 0.29) is 5.41 Å². The number of allylic oxidation sites excluding steroid dienone is 1. The monoisotopic (exact) mass is 441 g/mol. The van der Waals surface area contributed by atoms with Crippen molar-refractivity contribution in [2.75, 3.05) is 0 Å². The topological polar surface area (TPSA) is 30.7 Å². The van der Waals surface area contributed by atoms with Gasteiger partial charge in [0.2, 0.25) is 0 Å². The van der Waals surface area contributed by atoms with Crippen LogP contribution in [0, 0.1) is 0 Å². The SMILES string of the molecule is C=CCn1c(SCc2ccc(Br)cc2)nnc1-c1ccc(C(C)(C)C)cc1. The zero-order chi connectivity index (χ0) is 19.4. The molecule has 0 amide bonds. The van der Waals surface area contributed by atoms with Crippen LogP contribution in [-0.4, -0.2) is 14.8 Å². The summed E-state index contributed by atoms with van der Waals surface area (Å²) < 4.78 is 3.22. The van der Waals surface area contributed by atoms with Crippen LogP contribution in [0.15, 0.2) is 70.8 Å². The zero-order valence-electron chi connectivity index (χ0n) is 15.9. The molecule has 1 aromatic heterocycles. The highest BCUT2D eigenvalue weighted by atomic mass is 79.9. The Labute approximate surface area is 174 Å². The lowest BCUT2D eigenvalue weighted by Gasteiger charge is -2.19. The second-order valence-electron chi connectivity index (χ2n) is 7.45. The maximum atomic E-state index is 4.46. The summed E-state index contributed by atoms with van der Waals surface area (Å²) in [6.07, 6.45) is 1.89. The summed E-state index contributed by atoms with van der Waals surface area (Å²) in [5.41, 5.74) is 3.78. The third kappa shape index (κ3) is 4.90. The van der Waals surface area contributed by atoms with Gasteiger partial charge in [-0.1, -0.05) is 90.9 Å². The zero-order valence-corrected chi connectivity index (χ0v) is 18.3. The quantitative estimate of drug-likeness (QED) is 0.323. The lowest BCUT2D eigenvalue weighted by atomic mass is 9.87. The molecule has 0 unspecified atom stereocenters. The van der Waals surface area contributed by atoms with Crippen LogP contribution >= 0.6 is 27.7 Å². The van der Waals surface area contributed by atoms with Gasteiger partial charge in [-0.25, -0.2) is 0 Å². The molecule has 1 heterocycles. The number of benzene rings is 2. The highest BCUT2D eigenvalue weighted by Gasteiger charge is 2.16. The molecule has 140 valence electrons. The largest absolute Gasteiger partial charge is 0.298 e. The lowest BCUT2D eigenvalue weighted by molar-refractivity contribution is 0.590. The second kappa shape index (κ2) is 8.44. The molecule has 3 nitrogen and oxygen atoms in total. The van der Waals surface area contributed by atoms with Crippen molar-refractivity contribution in [3.63, 3.8) is 0 Å². The van der Waals surface area contributed by atoms with Crippen LogP contribution in [-0.2, 0) is 17.7 Å². The summed E-state index contributed by atoms with van der Waals surface area (Å²) in [7, 11) is 0. The van der Waals surface area contributed by atoms with Gasteiger partial charge in [0.05, 0.1) is 0 Å². The molecule has 0 bridgehead atoms. The van der Waals surface area contributed by atoms with Gasteiger partial charge in [-0.3, -0.25) is 4.57 Å². The van der Waals surface area contributed by atoms with Gasteiger partial charge in [0.25, 0.3) is 0 Å². The minimum absolute atomic E-state index is 0.138. The molecule has 0 aliphatic rings. The molecule has 2 aromatic carbocycles. The Morgan fingerprint density at radius 2 is 1.70 bits per heavy atom. The Morgan fingerprint density at radius 1 is 1.04 bits per heavy atom. The third-order valence-electron chi connectivity index (χ3n) is 4.32. The predicted octanol–water partition coefficient (Wildman–Crippen LogP) is 6.48. The first-order chi connectivity index (χ1) is 12.9. The van der Waals surface area contributed by atoms with E-state index in [1.54, 1.807) is 11.8 Å². The molecule has 0 saturated carbocycles. The van der Waals surface area contributed by atoms with Crippen molar-refractivity contribution in [3.8, 4) is 11.4 Å². The van der Waals surface area contributed by atoms with Crippen LogP contribution in [0.3, 0.4) is 0 Å². The van der Waals surface area contributed by atoms with Gasteiger partial charge in [-0.05, 0) is 28.7 Å². The van der Waals surface area contributed by atoms with Crippen LogP contribution in [0.1, 0.15) is 31.9 Å². The van der Waals surface area contributed by atoms with E-state index in [4.69, 9.17) is 0 Å². The van der Waals surface area contributed by atoms with Crippen LogP contribution in [0.4, 0.5) is 0 Å². The van der Waals surface area contributed by atoms with Gasteiger partial charge in [0.1, 0.15) is 0 Å². The normalized spacial score (nSPS) is 11.6. The van der Waals surface area contributed by atoms with E-state index in [0.717, 1.165) is 26.8 Å². The average Bonchev–Trinajstić information content (AvgIpc) is 3.04. The number of aromatic nitrogens is 3. The summed E-state index contributed by atoms with van der Waals surface area (Å²) >= 11 is 5.17. The van der Waals surface area contributed by atoms with Gasteiger partial charge >= 0.3 is 0 Å². The molecule has 0 atom stereocenters. The van der Waals surface area contributed by atoms with E-state index in [1.165, 1.54) is 11.1 Å². The molecule has 5 heteroatoms. The Morgan fingerprint density at radius 3 is 2.30 bits per heavy atom. The van der Waals surface area contributed by atoms with Crippen LogP contribution in [0.2, 0.25) is 0 Å². The van der Waals surface area contributed by atoms with Gasteiger partial charge in [-0.15, -0.1) is 16.8 Å². The fourth-order valence-corrected chi connectivity index (χ4v) is 3.92. The molecule has 27 heavy (non-hydrogen) atoms. The van der Waals surface area contributed by atoms with Crippen molar-refractivity contribution in [2.45, 2.75) is 43.6 Å². The summed E-state index contributed by atoms with van der Waals surface area (Å²) in [6.45, 7) is 11.2. The lowest BCUT2D eigenvalue weighted by Crippen LogP contribution is -2.10. The van der Waals surface area contributed by atoms with E-state index in [1.807, 2.05) is 6.08 Å². The number of rotatable bonds is 6. The fraction of sp³-hybridized carbons (Fsp3) is 0.273. The van der Waals surface area contributed by atoms with E-state index >= 15 is 0 Å². The minimum Gasteiger partial charge on any atom is -0.298 e. The summed E-state index contributed by atoms with van der Waals surface area (Å²) in [5, 5.41) is 9.80.